The molecule has 0 atom stereocenters. The van der Waals surface area contributed by atoms with Gasteiger partial charge >= 0.3 is 0 Å². The van der Waals surface area contributed by atoms with Gasteiger partial charge in [-0.1, -0.05) is 23.7 Å². The molecule has 0 aliphatic heterocycles. The maximum atomic E-state index is 6.33. The van der Waals surface area contributed by atoms with Crippen LogP contribution in [-0.2, 0) is 13.0 Å². The fourth-order valence-corrected chi connectivity index (χ4v) is 2.75. The molecule has 0 fully saturated rings. The van der Waals surface area contributed by atoms with Crippen LogP contribution in [0.2, 0.25) is 5.02 Å². The molecule has 0 amide bonds. The molecular formula is C15H13Cl2N3. The summed E-state index contributed by atoms with van der Waals surface area (Å²) in [5, 5.41) is 0.708. The third-order valence-corrected chi connectivity index (χ3v) is 3.67. The van der Waals surface area contributed by atoms with Crippen molar-refractivity contribution in [3.63, 3.8) is 0 Å². The van der Waals surface area contributed by atoms with Crippen LogP contribution in [0.15, 0.2) is 42.7 Å². The lowest BCUT2D eigenvalue weighted by molar-refractivity contribution is 0.752. The molecule has 0 N–H and O–H groups in total. The van der Waals surface area contributed by atoms with Gasteiger partial charge in [0, 0.05) is 24.7 Å². The summed E-state index contributed by atoms with van der Waals surface area (Å²) < 4.78 is 2.12. The summed E-state index contributed by atoms with van der Waals surface area (Å²) in [7, 11) is 0. The monoisotopic (exact) mass is 305 g/mol. The number of rotatable bonds is 4. The number of aryl methyl sites for hydroxylation is 1. The molecule has 5 heteroatoms. The van der Waals surface area contributed by atoms with Gasteiger partial charge in [0.1, 0.15) is 5.82 Å². The predicted molar refractivity (Wildman–Crippen MR) is 82.5 cm³/mol. The van der Waals surface area contributed by atoms with E-state index in [0.29, 0.717) is 23.9 Å². The fourth-order valence-electron chi connectivity index (χ4n) is 2.31. The van der Waals surface area contributed by atoms with Crippen molar-refractivity contribution in [1.82, 2.24) is 14.5 Å². The van der Waals surface area contributed by atoms with Crippen molar-refractivity contribution in [2.75, 3.05) is 5.88 Å². The molecular weight excluding hydrogens is 293 g/mol. The number of alkyl halides is 1. The number of hydrogen-bond donors (Lipinski definition) is 0. The van der Waals surface area contributed by atoms with Crippen molar-refractivity contribution in [2.45, 2.75) is 13.0 Å². The molecule has 0 aliphatic rings. The van der Waals surface area contributed by atoms with Gasteiger partial charge in [0.25, 0.3) is 0 Å². The second kappa shape index (κ2) is 5.81. The van der Waals surface area contributed by atoms with Crippen LogP contribution in [0.25, 0.3) is 11.0 Å². The van der Waals surface area contributed by atoms with Crippen LogP contribution in [0.3, 0.4) is 0 Å². The first kappa shape index (κ1) is 13.4. The number of pyridine rings is 1. The van der Waals surface area contributed by atoms with Crippen LogP contribution in [0.1, 0.15) is 11.4 Å². The molecule has 3 rings (SSSR count). The largest absolute Gasteiger partial charge is 0.322 e. The van der Waals surface area contributed by atoms with Gasteiger partial charge in [-0.05, 0) is 23.8 Å². The van der Waals surface area contributed by atoms with Crippen molar-refractivity contribution < 1.29 is 0 Å². The van der Waals surface area contributed by atoms with E-state index < -0.39 is 0 Å². The molecule has 3 nitrogen and oxygen atoms in total. The minimum Gasteiger partial charge on any atom is -0.322 e. The van der Waals surface area contributed by atoms with Crippen molar-refractivity contribution in [2.24, 2.45) is 0 Å². The molecule has 2 aromatic heterocycles. The molecule has 0 saturated carbocycles. The Labute approximate surface area is 127 Å². The predicted octanol–water partition coefficient (Wildman–Crippen LogP) is 3.91. The first-order chi connectivity index (χ1) is 9.79. The fraction of sp³-hybridized carbons (Fsp3) is 0.200. The summed E-state index contributed by atoms with van der Waals surface area (Å²) in [6.07, 6.45) is 4.34. The lowest BCUT2D eigenvalue weighted by Gasteiger charge is -2.09. The zero-order valence-corrected chi connectivity index (χ0v) is 12.3. The SMILES string of the molecule is ClCCc1nc2cccc(Cl)c2n1Cc1cccnc1. The Morgan fingerprint density at radius 2 is 2.05 bits per heavy atom. The highest BCUT2D eigenvalue weighted by Gasteiger charge is 2.13. The van der Waals surface area contributed by atoms with Gasteiger partial charge in [0.2, 0.25) is 0 Å². The summed E-state index contributed by atoms with van der Waals surface area (Å²) in [6, 6.07) is 9.74. The Morgan fingerprint density at radius 1 is 1.15 bits per heavy atom. The van der Waals surface area contributed by atoms with Crippen molar-refractivity contribution in [3.05, 3.63) is 59.1 Å². The van der Waals surface area contributed by atoms with Crippen LogP contribution < -0.4 is 0 Å². The quantitative estimate of drug-likeness (QED) is 0.684. The molecule has 0 radical (unpaired) electrons. The van der Waals surface area contributed by atoms with E-state index in [1.807, 2.05) is 36.5 Å². The van der Waals surface area contributed by atoms with Gasteiger partial charge < -0.3 is 4.57 Å². The molecule has 2 heterocycles. The number of aromatic nitrogens is 3. The van der Waals surface area contributed by atoms with E-state index in [1.165, 1.54) is 0 Å². The van der Waals surface area contributed by atoms with Gasteiger partial charge in [-0.25, -0.2) is 4.98 Å². The number of nitrogens with zero attached hydrogens (tertiary/aromatic N) is 3. The highest BCUT2D eigenvalue weighted by molar-refractivity contribution is 6.35. The zero-order chi connectivity index (χ0) is 13.9. The summed E-state index contributed by atoms with van der Waals surface area (Å²) in [4.78, 5) is 8.78. The minimum atomic E-state index is 0.536. The summed E-state index contributed by atoms with van der Waals surface area (Å²) in [5.74, 6) is 1.49. The average Bonchev–Trinajstić information content (AvgIpc) is 2.80. The van der Waals surface area contributed by atoms with E-state index in [2.05, 4.69) is 14.5 Å². The van der Waals surface area contributed by atoms with Gasteiger partial charge in [-0.2, -0.15) is 0 Å². The number of hydrogen-bond acceptors (Lipinski definition) is 2. The summed E-state index contributed by atoms with van der Waals surface area (Å²) >= 11 is 12.2. The van der Waals surface area contributed by atoms with Crippen molar-refractivity contribution in [1.29, 1.82) is 0 Å². The van der Waals surface area contributed by atoms with Crippen LogP contribution in [0.4, 0.5) is 0 Å². The van der Waals surface area contributed by atoms with Gasteiger partial charge in [-0.3, -0.25) is 4.98 Å². The van der Waals surface area contributed by atoms with Crippen LogP contribution >= 0.6 is 23.2 Å². The van der Waals surface area contributed by atoms with E-state index in [9.17, 15) is 0 Å². The van der Waals surface area contributed by atoms with E-state index in [-0.39, 0.29) is 0 Å². The first-order valence-electron chi connectivity index (χ1n) is 6.38. The van der Waals surface area contributed by atoms with Crippen molar-refractivity contribution >= 4 is 34.2 Å². The van der Waals surface area contributed by atoms with Crippen LogP contribution in [0, 0.1) is 0 Å². The Hall–Kier alpha value is -1.58. The molecule has 0 saturated heterocycles. The standard InChI is InChI=1S/C15H13Cl2N3/c16-7-6-14-19-13-5-1-4-12(17)15(13)20(14)10-11-3-2-8-18-9-11/h1-5,8-9H,6-7,10H2. The Morgan fingerprint density at radius 3 is 2.80 bits per heavy atom. The number of imidazole rings is 1. The summed E-state index contributed by atoms with van der Waals surface area (Å²) in [6.45, 7) is 0.695. The van der Waals surface area contributed by atoms with E-state index in [4.69, 9.17) is 23.2 Å². The molecule has 0 bridgehead atoms. The lowest BCUT2D eigenvalue weighted by Crippen LogP contribution is -2.06. The van der Waals surface area contributed by atoms with E-state index in [1.54, 1.807) is 6.20 Å². The second-order valence-electron chi connectivity index (χ2n) is 4.52. The second-order valence-corrected chi connectivity index (χ2v) is 5.31. The van der Waals surface area contributed by atoms with Crippen LogP contribution in [0.5, 0.6) is 0 Å². The lowest BCUT2D eigenvalue weighted by atomic mass is 10.2. The highest BCUT2D eigenvalue weighted by atomic mass is 35.5. The van der Waals surface area contributed by atoms with Gasteiger partial charge in [-0.15, -0.1) is 11.6 Å². The van der Waals surface area contributed by atoms with Crippen molar-refractivity contribution in [3.8, 4) is 0 Å². The number of fused-ring (bicyclic) bond motifs is 1. The number of para-hydroxylation sites is 1. The van der Waals surface area contributed by atoms with E-state index >= 15 is 0 Å². The van der Waals surface area contributed by atoms with Gasteiger partial charge in [0.15, 0.2) is 0 Å². The van der Waals surface area contributed by atoms with Crippen LogP contribution in [-0.4, -0.2) is 20.4 Å². The molecule has 1 aromatic carbocycles. The average molecular weight is 306 g/mol. The number of halogens is 2. The molecule has 0 aliphatic carbocycles. The normalized spacial score (nSPS) is 11.1. The maximum Gasteiger partial charge on any atom is 0.111 e. The minimum absolute atomic E-state index is 0.536. The maximum absolute atomic E-state index is 6.33. The topological polar surface area (TPSA) is 30.7 Å². The highest BCUT2D eigenvalue weighted by Crippen LogP contribution is 2.25. The Bertz CT molecular complexity index is 723. The van der Waals surface area contributed by atoms with Gasteiger partial charge in [0.05, 0.1) is 22.6 Å². The smallest absolute Gasteiger partial charge is 0.111 e. The third kappa shape index (κ3) is 2.51. The summed E-state index contributed by atoms with van der Waals surface area (Å²) in [5.41, 5.74) is 2.97. The third-order valence-electron chi connectivity index (χ3n) is 3.18. The molecule has 0 unspecified atom stereocenters. The van der Waals surface area contributed by atoms with E-state index in [0.717, 1.165) is 22.4 Å². The molecule has 20 heavy (non-hydrogen) atoms. The molecule has 3 aromatic rings. The Kier molecular flexibility index (Phi) is 3.90. The first-order valence-corrected chi connectivity index (χ1v) is 7.29. The molecule has 102 valence electrons. The zero-order valence-electron chi connectivity index (χ0n) is 10.8. The molecule has 0 spiro atoms. The Balaban J connectivity index is 2.13. The number of benzene rings is 1.